The first-order valence-electron chi connectivity index (χ1n) is 9.70. The van der Waals surface area contributed by atoms with Crippen molar-refractivity contribution >= 4 is 5.69 Å². The van der Waals surface area contributed by atoms with Gasteiger partial charge in [0.15, 0.2) is 0 Å². The molecule has 1 N–H and O–H groups in total. The molecule has 3 heterocycles. The van der Waals surface area contributed by atoms with E-state index in [0.717, 1.165) is 44.6 Å². The first-order chi connectivity index (χ1) is 12.8. The molecule has 140 valence electrons. The predicted molar refractivity (Wildman–Crippen MR) is 101 cm³/mol. The average molecular weight is 356 g/mol. The second-order valence-corrected chi connectivity index (χ2v) is 7.48. The van der Waals surface area contributed by atoms with Crippen LogP contribution in [-0.2, 0) is 10.2 Å². The molecule has 2 fully saturated rings. The van der Waals surface area contributed by atoms with Gasteiger partial charge >= 0.3 is 0 Å². The number of nitrogens with zero attached hydrogens (tertiary/aromatic N) is 3. The minimum Gasteiger partial charge on any atom is -0.384 e. The van der Waals surface area contributed by atoms with Crippen molar-refractivity contribution in [3.8, 4) is 11.4 Å². The second-order valence-electron chi connectivity index (χ2n) is 7.48. The lowest BCUT2D eigenvalue weighted by molar-refractivity contribution is 0.0850. The van der Waals surface area contributed by atoms with Gasteiger partial charge in [-0.3, -0.25) is 0 Å². The highest BCUT2D eigenvalue weighted by atomic mass is 16.5. The van der Waals surface area contributed by atoms with E-state index in [1.54, 1.807) is 7.11 Å². The summed E-state index contributed by atoms with van der Waals surface area (Å²) in [5, 5.41) is 7.65. The van der Waals surface area contributed by atoms with E-state index in [9.17, 15) is 0 Å². The highest BCUT2D eigenvalue weighted by molar-refractivity contribution is 5.60. The van der Waals surface area contributed by atoms with Crippen LogP contribution in [0, 0.1) is 0 Å². The fourth-order valence-electron chi connectivity index (χ4n) is 4.13. The van der Waals surface area contributed by atoms with E-state index in [1.807, 2.05) is 0 Å². The largest absolute Gasteiger partial charge is 0.384 e. The van der Waals surface area contributed by atoms with Gasteiger partial charge in [0.2, 0.25) is 11.7 Å². The monoisotopic (exact) mass is 356 g/mol. The molecule has 26 heavy (non-hydrogen) atoms. The van der Waals surface area contributed by atoms with E-state index in [4.69, 9.17) is 14.2 Å². The first kappa shape index (κ1) is 17.5. The van der Waals surface area contributed by atoms with E-state index in [-0.39, 0.29) is 5.41 Å². The van der Waals surface area contributed by atoms with Crippen LogP contribution in [0.4, 0.5) is 5.69 Å². The van der Waals surface area contributed by atoms with Crippen molar-refractivity contribution in [3.05, 3.63) is 30.2 Å². The van der Waals surface area contributed by atoms with Crippen LogP contribution in [-0.4, -0.2) is 50.0 Å². The molecule has 4 rings (SSSR count). The van der Waals surface area contributed by atoms with Crippen LogP contribution in [0.15, 0.2) is 28.8 Å². The van der Waals surface area contributed by atoms with E-state index < -0.39 is 0 Å². The third kappa shape index (κ3) is 3.48. The van der Waals surface area contributed by atoms with Gasteiger partial charge in [-0.2, -0.15) is 4.98 Å². The first-order valence-corrected chi connectivity index (χ1v) is 9.70. The molecule has 0 bridgehead atoms. The molecule has 0 amide bonds. The average Bonchev–Trinajstić information content (AvgIpc) is 3.21. The molecule has 2 saturated heterocycles. The van der Waals surface area contributed by atoms with Crippen LogP contribution >= 0.6 is 0 Å². The van der Waals surface area contributed by atoms with Crippen LogP contribution in [0.25, 0.3) is 11.4 Å². The van der Waals surface area contributed by atoms with Crippen LogP contribution in [0.1, 0.15) is 38.0 Å². The number of piperidine rings is 2. The zero-order chi connectivity index (χ0) is 17.8. The number of hydrogen-bond acceptors (Lipinski definition) is 6. The zero-order valence-corrected chi connectivity index (χ0v) is 15.5. The standard InChI is InChI=1S/C20H28N4O2/c1-25-15-20(9-11-21-12-10-20)19-22-18(23-26-19)16-5-7-17(8-6-16)24-13-3-2-4-14-24/h5-8,21H,2-4,9-15H2,1H3. The molecule has 0 aliphatic carbocycles. The van der Waals surface area contributed by atoms with Gasteiger partial charge < -0.3 is 19.5 Å². The SMILES string of the molecule is COCC1(c2nc(-c3ccc(N4CCCCC4)cc3)no2)CCNCC1. The van der Waals surface area contributed by atoms with Crippen LogP contribution in [0.5, 0.6) is 0 Å². The molecule has 0 spiro atoms. The van der Waals surface area contributed by atoms with Crippen molar-refractivity contribution in [2.45, 2.75) is 37.5 Å². The fourth-order valence-corrected chi connectivity index (χ4v) is 4.13. The summed E-state index contributed by atoms with van der Waals surface area (Å²) in [5.74, 6) is 1.37. The molecule has 2 aliphatic heterocycles. The van der Waals surface area contributed by atoms with Gasteiger partial charge in [-0.1, -0.05) is 5.16 Å². The summed E-state index contributed by atoms with van der Waals surface area (Å²) in [6, 6.07) is 8.55. The molecule has 2 aromatic rings. The second kappa shape index (κ2) is 7.76. The van der Waals surface area contributed by atoms with Gasteiger partial charge in [0, 0.05) is 31.5 Å². The Labute approximate surface area is 154 Å². The molecular formula is C20H28N4O2. The number of aromatic nitrogens is 2. The Morgan fingerprint density at radius 2 is 1.85 bits per heavy atom. The lowest BCUT2D eigenvalue weighted by Gasteiger charge is -2.33. The quantitative estimate of drug-likeness (QED) is 0.889. The van der Waals surface area contributed by atoms with E-state index in [1.165, 1.54) is 24.9 Å². The van der Waals surface area contributed by atoms with Crippen molar-refractivity contribution in [1.29, 1.82) is 0 Å². The Balaban J connectivity index is 1.53. The number of methoxy groups -OCH3 is 1. The normalized spacial score (nSPS) is 20.3. The van der Waals surface area contributed by atoms with Gasteiger partial charge in [0.1, 0.15) is 0 Å². The molecule has 6 heteroatoms. The molecule has 1 aromatic carbocycles. The Morgan fingerprint density at radius 1 is 1.12 bits per heavy atom. The van der Waals surface area contributed by atoms with E-state index in [2.05, 4.69) is 39.6 Å². The number of anilines is 1. The summed E-state index contributed by atoms with van der Waals surface area (Å²) in [4.78, 5) is 7.19. The molecule has 2 aliphatic rings. The van der Waals surface area contributed by atoms with Crippen molar-refractivity contribution < 1.29 is 9.26 Å². The van der Waals surface area contributed by atoms with Gasteiger partial charge in [-0.25, -0.2) is 0 Å². The molecule has 0 unspecified atom stereocenters. The molecule has 0 atom stereocenters. The summed E-state index contributed by atoms with van der Waals surface area (Å²) < 4.78 is 11.2. The zero-order valence-electron chi connectivity index (χ0n) is 15.5. The summed E-state index contributed by atoms with van der Waals surface area (Å²) in [6.45, 7) is 4.82. The lowest BCUT2D eigenvalue weighted by Crippen LogP contribution is -2.43. The summed E-state index contributed by atoms with van der Waals surface area (Å²) in [7, 11) is 1.74. The van der Waals surface area contributed by atoms with Gasteiger partial charge in [0.25, 0.3) is 0 Å². The van der Waals surface area contributed by atoms with Crippen LogP contribution in [0.2, 0.25) is 0 Å². The van der Waals surface area contributed by atoms with Crippen LogP contribution in [0.3, 0.4) is 0 Å². The predicted octanol–water partition coefficient (Wildman–Crippen LogP) is 2.99. The smallest absolute Gasteiger partial charge is 0.235 e. The van der Waals surface area contributed by atoms with E-state index in [0.29, 0.717) is 18.3 Å². The number of benzene rings is 1. The third-order valence-corrected chi connectivity index (χ3v) is 5.71. The maximum atomic E-state index is 5.68. The van der Waals surface area contributed by atoms with Crippen LogP contribution < -0.4 is 10.2 Å². The van der Waals surface area contributed by atoms with E-state index >= 15 is 0 Å². The topological polar surface area (TPSA) is 63.4 Å². The maximum absolute atomic E-state index is 5.68. The molecule has 6 nitrogen and oxygen atoms in total. The Hall–Kier alpha value is -1.92. The van der Waals surface area contributed by atoms with Gasteiger partial charge in [-0.15, -0.1) is 0 Å². The minimum absolute atomic E-state index is 0.168. The van der Waals surface area contributed by atoms with Crippen molar-refractivity contribution in [2.75, 3.05) is 44.8 Å². The van der Waals surface area contributed by atoms with Crippen molar-refractivity contribution in [2.24, 2.45) is 0 Å². The lowest BCUT2D eigenvalue weighted by atomic mass is 9.79. The highest BCUT2D eigenvalue weighted by Crippen LogP contribution is 2.34. The Morgan fingerprint density at radius 3 is 2.54 bits per heavy atom. The number of nitrogens with one attached hydrogen (secondary N) is 1. The van der Waals surface area contributed by atoms with Gasteiger partial charge in [0.05, 0.1) is 12.0 Å². The number of rotatable bonds is 5. The Bertz CT molecular complexity index is 695. The van der Waals surface area contributed by atoms with Crippen molar-refractivity contribution in [1.82, 2.24) is 15.5 Å². The maximum Gasteiger partial charge on any atom is 0.235 e. The molecule has 1 aromatic heterocycles. The summed E-state index contributed by atoms with van der Waals surface area (Å²) >= 11 is 0. The molecule has 0 radical (unpaired) electrons. The summed E-state index contributed by atoms with van der Waals surface area (Å²) in [6.07, 6.45) is 5.82. The highest BCUT2D eigenvalue weighted by Gasteiger charge is 2.39. The number of hydrogen-bond donors (Lipinski definition) is 1. The molecular weight excluding hydrogens is 328 g/mol. The van der Waals surface area contributed by atoms with Crippen molar-refractivity contribution in [3.63, 3.8) is 0 Å². The fraction of sp³-hybridized carbons (Fsp3) is 0.600. The minimum atomic E-state index is -0.168. The third-order valence-electron chi connectivity index (χ3n) is 5.71. The Kier molecular flexibility index (Phi) is 5.22. The number of ether oxygens (including phenoxy) is 1. The molecule has 0 saturated carbocycles. The summed E-state index contributed by atoms with van der Waals surface area (Å²) in [5.41, 5.74) is 2.12. The van der Waals surface area contributed by atoms with Gasteiger partial charge in [-0.05, 0) is 69.5 Å².